The molecule has 3 rings (SSSR count). The molecule has 0 N–H and O–H groups in total. The summed E-state index contributed by atoms with van der Waals surface area (Å²) in [6.07, 6.45) is 4.64. The number of rotatable bonds is 4. The van der Waals surface area contributed by atoms with Gasteiger partial charge in [0, 0.05) is 42.6 Å². The summed E-state index contributed by atoms with van der Waals surface area (Å²) in [5.74, 6) is 0.133. The van der Waals surface area contributed by atoms with Crippen LogP contribution >= 0.6 is 11.6 Å². The molecule has 0 saturated carbocycles. The molecule has 0 unspecified atom stereocenters. The first kappa shape index (κ1) is 15.1. The highest BCUT2D eigenvalue weighted by Gasteiger charge is 2.35. The number of anilines is 1. The van der Waals surface area contributed by atoms with Gasteiger partial charge in [-0.3, -0.25) is 14.4 Å². The highest BCUT2D eigenvalue weighted by molar-refractivity contribution is 6.30. The summed E-state index contributed by atoms with van der Waals surface area (Å²) in [6.45, 7) is 1.44. The van der Waals surface area contributed by atoms with Crippen molar-refractivity contribution in [3.05, 3.63) is 47.2 Å². The second-order valence-corrected chi connectivity index (χ2v) is 6.15. The molecule has 5 nitrogen and oxygen atoms in total. The third-order valence-corrected chi connectivity index (χ3v) is 4.25. The molecule has 116 valence electrons. The van der Waals surface area contributed by atoms with Gasteiger partial charge in [-0.1, -0.05) is 17.7 Å². The Morgan fingerprint density at radius 2 is 2.27 bits per heavy atom. The predicted octanol–water partition coefficient (Wildman–Crippen LogP) is 2.31. The maximum Gasteiger partial charge on any atom is 0.244 e. The molecule has 6 heteroatoms. The topological polar surface area (TPSA) is 41.4 Å². The molecule has 2 aromatic rings. The first-order valence-electron chi connectivity index (χ1n) is 7.29. The van der Waals surface area contributed by atoms with Crippen molar-refractivity contribution in [2.75, 3.05) is 18.5 Å². The molecule has 22 heavy (non-hydrogen) atoms. The SMILES string of the molecule is CN(Cc1cnn(C)c1)[C@@H]1CCN(c2cccc(Cl)c2)C1=O. The van der Waals surface area contributed by atoms with Crippen molar-refractivity contribution in [3.8, 4) is 0 Å². The molecule has 1 atom stereocenters. The van der Waals surface area contributed by atoms with Crippen LogP contribution in [0.4, 0.5) is 5.69 Å². The van der Waals surface area contributed by atoms with Gasteiger partial charge in [0.2, 0.25) is 5.91 Å². The van der Waals surface area contributed by atoms with Crippen LogP contribution in [0, 0.1) is 0 Å². The number of likely N-dealkylation sites (N-methyl/N-ethyl adjacent to an activating group) is 1. The van der Waals surface area contributed by atoms with Crippen LogP contribution in [0.25, 0.3) is 0 Å². The molecule has 1 saturated heterocycles. The van der Waals surface area contributed by atoms with Gasteiger partial charge in [0.15, 0.2) is 0 Å². The molecule has 0 bridgehead atoms. The fourth-order valence-electron chi connectivity index (χ4n) is 2.93. The van der Waals surface area contributed by atoms with Gasteiger partial charge in [0.05, 0.1) is 12.2 Å². The van der Waals surface area contributed by atoms with Crippen molar-refractivity contribution in [2.24, 2.45) is 7.05 Å². The number of carbonyl (C=O) groups excluding carboxylic acids is 1. The number of aryl methyl sites for hydroxylation is 1. The molecule has 1 aliphatic heterocycles. The van der Waals surface area contributed by atoms with Gasteiger partial charge >= 0.3 is 0 Å². The Morgan fingerprint density at radius 1 is 1.45 bits per heavy atom. The fraction of sp³-hybridized carbons (Fsp3) is 0.375. The Hall–Kier alpha value is -1.85. The molecule has 0 radical (unpaired) electrons. The summed E-state index contributed by atoms with van der Waals surface area (Å²) in [4.78, 5) is 16.6. The van der Waals surface area contributed by atoms with E-state index in [-0.39, 0.29) is 11.9 Å². The molecule has 1 aliphatic rings. The number of carbonyl (C=O) groups is 1. The molecule has 1 fully saturated rings. The quantitative estimate of drug-likeness (QED) is 0.868. The number of hydrogen-bond donors (Lipinski definition) is 0. The smallest absolute Gasteiger partial charge is 0.244 e. The lowest BCUT2D eigenvalue weighted by Gasteiger charge is -2.23. The van der Waals surface area contributed by atoms with Crippen molar-refractivity contribution in [1.29, 1.82) is 0 Å². The van der Waals surface area contributed by atoms with Crippen molar-refractivity contribution in [3.63, 3.8) is 0 Å². The van der Waals surface area contributed by atoms with E-state index in [0.717, 1.165) is 24.2 Å². The van der Waals surface area contributed by atoms with Crippen molar-refractivity contribution in [1.82, 2.24) is 14.7 Å². The maximum absolute atomic E-state index is 12.7. The third-order valence-electron chi connectivity index (χ3n) is 4.02. The zero-order valence-electron chi connectivity index (χ0n) is 12.7. The molecule has 2 heterocycles. The predicted molar refractivity (Wildman–Crippen MR) is 86.9 cm³/mol. The molecular formula is C16H19ClN4O. The lowest BCUT2D eigenvalue weighted by molar-refractivity contribution is -0.121. The number of hydrogen-bond acceptors (Lipinski definition) is 3. The lowest BCUT2D eigenvalue weighted by Crippen LogP contribution is -2.39. The number of halogens is 1. The van der Waals surface area contributed by atoms with E-state index >= 15 is 0 Å². The fourth-order valence-corrected chi connectivity index (χ4v) is 3.11. The van der Waals surface area contributed by atoms with Crippen LogP contribution < -0.4 is 4.90 Å². The van der Waals surface area contributed by atoms with E-state index in [1.807, 2.05) is 55.7 Å². The molecular weight excluding hydrogens is 300 g/mol. The first-order chi connectivity index (χ1) is 10.5. The normalized spacial score (nSPS) is 18.5. The van der Waals surface area contributed by atoms with Crippen molar-refractivity contribution < 1.29 is 4.79 Å². The zero-order chi connectivity index (χ0) is 15.7. The van der Waals surface area contributed by atoms with E-state index in [1.165, 1.54) is 0 Å². The number of aromatic nitrogens is 2. The Bertz CT molecular complexity index is 684. The monoisotopic (exact) mass is 318 g/mol. The second kappa shape index (κ2) is 6.10. The lowest BCUT2D eigenvalue weighted by atomic mass is 10.2. The van der Waals surface area contributed by atoms with E-state index in [2.05, 4.69) is 10.00 Å². The summed E-state index contributed by atoms with van der Waals surface area (Å²) in [7, 11) is 3.88. The maximum atomic E-state index is 12.7. The van der Waals surface area contributed by atoms with Crippen molar-refractivity contribution in [2.45, 2.75) is 19.0 Å². The average molecular weight is 319 g/mol. The van der Waals surface area contributed by atoms with Crippen LogP contribution in [0.1, 0.15) is 12.0 Å². The molecule has 0 spiro atoms. The van der Waals surface area contributed by atoms with Crippen LogP contribution in [-0.2, 0) is 18.4 Å². The largest absolute Gasteiger partial charge is 0.311 e. The van der Waals surface area contributed by atoms with Crippen molar-refractivity contribution >= 4 is 23.2 Å². The minimum Gasteiger partial charge on any atom is -0.311 e. The highest BCUT2D eigenvalue weighted by atomic mass is 35.5. The van der Waals surface area contributed by atoms with Gasteiger partial charge in [-0.15, -0.1) is 0 Å². The summed E-state index contributed by atoms with van der Waals surface area (Å²) >= 11 is 6.02. The van der Waals surface area contributed by atoms with Gasteiger partial charge < -0.3 is 4.90 Å². The molecule has 1 amide bonds. The minimum atomic E-state index is -0.0980. The Labute approximate surface area is 135 Å². The first-order valence-corrected chi connectivity index (χ1v) is 7.67. The van der Waals surface area contributed by atoms with Crippen LogP contribution in [0.2, 0.25) is 5.02 Å². The van der Waals surface area contributed by atoms with Gasteiger partial charge in [0.1, 0.15) is 0 Å². The number of benzene rings is 1. The molecule has 1 aromatic carbocycles. The second-order valence-electron chi connectivity index (χ2n) is 5.71. The third kappa shape index (κ3) is 3.00. The van der Waals surface area contributed by atoms with Crippen LogP contribution in [-0.4, -0.2) is 40.2 Å². The minimum absolute atomic E-state index is 0.0980. The van der Waals surface area contributed by atoms with E-state index in [9.17, 15) is 4.79 Å². The summed E-state index contributed by atoms with van der Waals surface area (Å²) in [5.41, 5.74) is 1.98. The summed E-state index contributed by atoms with van der Waals surface area (Å²) in [5, 5.41) is 4.82. The Morgan fingerprint density at radius 3 is 2.95 bits per heavy atom. The van der Waals surface area contributed by atoms with E-state index in [4.69, 9.17) is 11.6 Å². The standard InChI is InChI=1S/C16H19ClN4O/c1-19(10-12-9-18-20(2)11-12)15-6-7-21(16(15)22)14-5-3-4-13(17)8-14/h3-5,8-9,11,15H,6-7,10H2,1-2H3/t15-/m1/s1. The van der Waals surface area contributed by atoms with Gasteiger partial charge in [-0.05, 0) is 31.7 Å². The number of nitrogens with zero attached hydrogens (tertiary/aromatic N) is 4. The zero-order valence-corrected chi connectivity index (χ0v) is 13.5. The highest BCUT2D eigenvalue weighted by Crippen LogP contribution is 2.26. The molecule has 1 aromatic heterocycles. The van der Waals surface area contributed by atoms with Gasteiger partial charge in [-0.2, -0.15) is 5.10 Å². The number of amides is 1. The Kier molecular flexibility index (Phi) is 4.18. The van der Waals surface area contributed by atoms with E-state index in [0.29, 0.717) is 11.6 Å². The van der Waals surface area contributed by atoms with Crippen LogP contribution in [0.3, 0.4) is 0 Å². The van der Waals surface area contributed by atoms with Gasteiger partial charge in [0.25, 0.3) is 0 Å². The van der Waals surface area contributed by atoms with E-state index < -0.39 is 0 Å². The summed E-state index contributed by atoms with van der Waals surface area (Å²) in [6, 6.07) is 7.35. The summed E-state index contributed by atoms with van der Waals surface area (Å²) < 4.78 is 1.78. The molecule has 0 aliphatic carbocycles. The van der Waals surface area contributed by atoms with Crippen LogP contribution in [0.5, 0.6) is 0 Å². The van der Waals surface area contributed by atoms with Gasteiger partial charge in [-0.25, -0.2) is 0 Å². The van der Waals surface area contributed by atoms with Crippen LogP contribution in [0.15, 0.2) is 36.7 Å². The average Bonchev–Trinajstić information content (AvgIpc) is 3.05. The van der Waals surface area contributed by atoms with E-state index in [1.54, 1.807) is 4.68 Å². The Balaban J connectivity index is 1.70.